The molecule has 2 rings (SSSR count). The van der Waals surface area contributed by atoms with Crippen molar-refractivity contribution < 1.29 is 0 Å². The number of hydrogen-bond donors (Lipinski definition) is 1. The molecule has 0 heterocycles. The van der Waals surface area contributed by atoms with Gasteiger partial charge in [-0.05, 0) is 57.0 Å². The summed E-state index contributed by atoms with van der Waals surface area (Å²) < 4.78 is 0. The van der Waals surface area contributed by atoms with Gasteiger partial charge < -0.3 is 10.6 Å². The molecule has 0 spiro atoms. The second kappa shape index (κ2) is 7.79. The van der Waals surface area contributed by atoms with Crippen LogP contribution in [0.4, 0.5) is 0 Å². The van der Waals surface area contributed by atoms with Crippen molar-refractivity contribution in [3.63, 3.8) is 0 Å². The Bertz CT molecular complexity index is 279. The van der Waals surface area contributed by atoms with Gasteiger partial charge in [0.1, 0.15) is 0 Å². The highest BCUT2D eigenvalue weighted by Gasteiger charge is 2.35. The van der Waals surface area contributed by atoms with Gasteiger partial charge in [-0.25, -0.2) is 0 Å². The Morgan fingerprint density at radius 3 is 2.55 bits per heavy atom. The Morgan fingerprint density at radius 2 is 1.90 bits per heavy atom. The van der Waals surface area contributed by atoms with Gasteiger partial charge in [-0.1, -0.05) is 46.0 Å². The van der Waals surface area contributed by atoms with Crippen LogP contribution in [-0.4, -0.2) is 30.6 Å². The average Bonchev–Trinajstić information content (AvgIpc) is 2.47. The second-order valence-electron chi connectivity index (χ2n) is 7.62. The van der Waals surface area contributed by atoms with Gasteiger partial charge in [0, 0.05) is 12.1 Å². The number of rotatable bonds is 5. The Labute approximate surface area is 126 Å². The van der Waals surface area contributed by atoms with E-state index >= 15 is 0 Å². The maximum atomic E-state index is 6.08. The van der Waals surface area contributed by atoms with Gasteiger partial charge in [-0.3, -0.25) is 0 Å². The first-order chi connectivity index (χ1) is 9.65. The van der Waals surface area contributed by atoms with E-state index in [0.29, 0.717) is 0 Å². The average molecular weight is 281 g/mol. The molecule has 0 bridgehead atoms. The standard InChI is InChI=1S/C18H36N2/c1-4-6-15-9-10-16(13-19)18(12-15)20(3)17-8-5-7-14(2)11-17/h14-18H,4-13,19H2,1-3H3. The lowest BCUT2D eigenvalue weighted by Gasteiger charge is -2.46. The van der Waals surface area contributed by atoms with Gasteiger partial charge in [0.05, 0.1) is 0 Å². The SMILES string of the molecule is CCCC1CCC(CN)C(N(C)C2CCCC(C)C2)C1. The van der Waals surface area contributed by atoms with Crippen molar-refractivity contribution in [3.8, 4) is 0 Å². The predicted molar refractivity (Wildman–Crippen MR) is 87.8 cm³/mol. The van der Waals surface area contributed by atoms with E-state index in [-0.39, 0.29) is 0 Å². The second-order valence-corrected chi connectivity index (χ2v) is 7.62. The molecular formula is C18H36N2. The first-order valence-electron chi connectivity index (χ1n) is 9.07. The lowest BCUT2D eigenvalue weighted by molar-refractivity contribution is 0.0447. The Kier molecular flexibility index (Phi) is 6.35. The Morgan fingerprint density at radius 1 is 1.10 bits per heavy atom. The zero-order chi connectivity index (χ0) is 14.5. The van der Waals surface area contributed by atoms with Crippen LogP contribution in [0.15, 0.2) is 0 Å². The molecule has 0 saturated heterocycles. The fourth-order valence-electron chi connectivity index (χ4n) is 4.78. The van der Waals surface area contributed by atoms with Crippen LogP contribution in [0.3, 0.4) is 0 Å². The van der Waals surface area contributed by atoms with E-state index in [2.05, 4.69) is 25.8 Å². The van der Waals surface area contributed by atoms with Crippen LogP contribution in [0, 0.1) is 17.8 Å². The quantitative estimate of drug-likeness (QED) is 0.823. The van der Waals surface area contributed by atoms with Gasteiger partial charge in [0.2, 0.25) is 0 Å². The molecule has 5 unspecified atom stereocenters. The summed E-state index contributed by atoms with van der Waals surface area (Å²) in [5, 5.41) is 0. The van der Waals surface area contributed by atoms with Gasteiger partial charge in [0.25, 0.3) is 0 Å². The Hall–Kier alpha value is -0.0800. The van der Waals surface area contributed by atoms with E-state index in [1.165, 1.54) is 57.8 Å². The number of nitrogens with two attached hydrogens (primary N) is 1. The van der Waals surface area contributed by atoms with Crippen LogP contribution in [0.1, 0.15) is 71.6 Å². The molecule has 2 aliphatic rings. The highest BCUT2D eigenvalue weighted by atomic mass is 15.2. The lowest BCUT2D eigenvalue weighted by Crippen LogP contribution is -2.50. The first-order valence-corrected chi connectivity index (χ1v) is 9.07. The molecule has 0 aliphatic heterocycles. The minimum absolute atomic E-state index is 0.741. The number of nitrogens with zero attached hydrogens (tertiary/aromatic N) is 1. The molecule has 2 nitrogen and oxygen atoms in total. The van der Waals surface area contributed by atoms with Crippen LogP contribution < -0.4 is 5.73 Å². The van der Waals surface area contributed by atoms with Crippen molar-refractivity contribution in [1.82, 2.24) is 4.90 Å². The lowest BCUT2D eigenvalue weighted by atomic mass is 9.75. The van der Waals surface area contributed by atoms with E-state index in [9.17, 15) is 0 Å². The zero-order valence-electron chi connectivity index (χ0n) is 14.0. The summed E-state index contributed by atoms with van der Waals surface area (Å²) in [5.74, 6) is 2.61. The van der Waals surface area contributed by atoms with Crippen LogP contribution >= 0.6 is 0 Å². The van der Waals surface area contributed by atoms with Gasteiger partial charge in [-0.2, -0.15) is 0 Å². The molecule has 2 aliphatic carbocycles. The summed E-state index contributed by atoms with van der Waals surface area (Å²) in [4.78, 5) is 2.75. The molecule has 2 saturated carbocycles. The molecule has 0 amide bonds. The molecule has 0 aromatic heterocycles. The van der Waals surface area contributed by atoms with Crippen molar-refractivity contribution in [1.29, 1.82) is 0 Å². The zero-order valence-corrected chi connectivity index (χ0v) is 14.0. The highest BCUT2D eigenvalue weighted by molar-refractivity contribution is 4.90. The summed E-state index contributed by atoms with van der Waals surface area (Å²) in [6, 6.07) is 1.57. The minimum Gasteiger partial charge on any atom is -0.330 e. The molecular weight excluding hydrogens is 244 g/mol. The van der Waals surface area contributed by atoms with Crippen LogP contribution in [-0.2, 0) is 0 Å². The number of hydrogen-bond acceptors (Lipinski definition) is 2. The molecule has 0 aromatic rings. The summed E-state index contributed by atoms with van der Waals surface area (Å²) >= 11 is 0. The molecule has 2 fully saturated rings. The van der Waals surface area contributed by atoms with Gasteiger partial charge in [0.15, 0.2) is 0 Å². The van der Waals surface area contributed by atoms with E-state index in [4.69, 9.17) is 5.73 Å². The molecule has 0 radical (unpaired) electrons. The van der Waals surface area contributed by atoms with Gasteiger partial charge >= 0.3 is 0 Å². The van der Waals surface area contributed by atoms with Gasteiger partial charge in [-0.15, -0.1) is 0 Å². The molecule has 2 heteroatoms. The third-order valence-corrected chi connectivity index (χ3v) is 6.07. The summed E-state index contributed by atoms with van der Waals surface area (Å²) in [6.07, 6.45) is 12.6. The molecule has 20 heavy (non-hydrogen) atoms. The van der Waals surface area contributed by atoms with Crippen LogP contribution in [0.2, 0.25) is 0 Å². The van der Waals surface area contributed by atoms with Crippen molar-refractivity contribution in [2.75, 3.05) is 13.6 Å². The predicted octanol–water partition coefficient (Wildman–Crippen LogP) is 4.04. The van der Waals surface area contributed by atoms with Crippen molar-refractivity contribution in [2.45, 2.75) is 83.7 Å². The minimum atomic E-state index is 0.741. The first kappa shape index (κ1) is 16.3. The third kappa shape index (κ3) is 3.98. The van der Waals surface area contributed by atoms with E-state index in [0.717, 1.165) is 36.4 Å². The van der Waals surface area contributed by atoms with Crippen molar-refractivity contribution in [2.24, 2.45) is 23.5 Å². The largest absolute Gasteiger partial charge is 0.330 e. The summed E-state index contributed by atoms with van der Waals surface area (Å²) in [6.45, 7) is 5.65. The molecule has 118 valence electrons. The summed E-state index contributed by atoms with van der Waals surface area (Å²) in [5.41, 5.74) is 6.08. The van der Waals surface area contributed by atoms with Crippen LogP contribution in [0.25, 0.3) is 0 Å². The summed E-state index contributed by atoms with van der Waals surface area (Å²) in [7, 11) is 2.39. The van der Waals surface area contributed by atoms with Crippen LogP contribution in [0.5, 0.6) is 0 Å². The maximum Gasteiger partial charge on any atom is 0.0138 e. The fourth-order valence-corrected chi connectivity index (χ4v) is 4.78. The monoisotopic (exact) mass is 280 g/mol. The normalized spacial score (nSPS) is 39.1. The van der Waals surface area contributed by atoms with E-state index in [1.54, 1.807) is 0 Å². The third-order valence-electron chi connectivity index (χ3n) is 6.07. The molecule has 5 atom stereocenters. The maximum absolute atomic E-state index is 6.08. The topological polar surface area (TPSA) is 29.3 Å². The van der Waals surface area contributed by atoms with Crippen molar-refractivity contribution >= 4 is 0 Å². The molecule has 2 N–H and O–H groups in total. The van der Waals surface area contributed by atoms with E-state index < -0.39 is 0 Å². The molecule has 0 aromatic carbocycles. The van der Waals surface area contributed by atoms with Crippen molar-refractivity contribution in [3.05, 3.63) is 0 Å². The van der Waals surface area contributed by atoms with E-state index in [1.807, 2.05) is 0 Å². The highest BCUT2D eigenvalue weighted by Crippen LogP contribution is 2.37. The fraction of sp³-hybridized carbons (Fsp3) is 1.00. The smallest absolute Gasteiger partial charge is 0.0138 e. The Balaban J connectivity index is 1.97.